The van der Waals surface area contributed by atoms with E-state index >= 15 is 0 Å². The fraction of sp³-hybridized carbons (Fsp3) is 0.250. The van der Waals surface area contributed by atoms with Crippen molar-refractivity contribution >= 4 is 33.2 Å². The zero-order chi connectivity index (χ0) is 20.7. The van der Waals surface area contributed by atoms with Crippen molar-refractivity contribution in [2.75, 3.05) is 20.1 Å². The van der Waals surface area contributed by atoms with Gasteiger partial charge in [0.15, 0.2) is 0 Å². The highest BCUT2D eigenvalue weighted by Gasteiger charge is 2.25. The first-order chi connectivity index (χ1) is 14.6. The highest BCUT2D eigenvalue weighted by molar-refractivity contribution is 7.17. The summed E-state index contributed by atoms with van der Waals surface area (Å²) in [5.41, 5.74) is 2.97. The molecule has 4 nitrogen and oxygen atoms in total. The molecule has 5 rings (SSSR count). The van der Waals surface area contributed by atoms with Gasteiger partial charge in [0.2, 0.25) is 0 Å². The number of likely N-dealkylation sites (tertiary alicyclic amines) is 1. The molecule has 0 spiro atoms. The maximum Gasteiger partial charge on any atom is 0.263 e. The highest BCUT2D eigenvalue weighted by Crippen LogP contribution is 2.34. The SMILES string of the molecule is CN1CCC(n2c(-c3ccccc3)nc3scc(-c4ccc(Cl)cc4)c3c2=O)CC1. The molecular weight excluding hydrogens is 414 g/mol. The van der Waals surface area contributed by atoms with Crippen LogP contribution in [0.1, 0.15) is 18.9 Å². The minimum absolute atomic E-state index is 0.0552. The van der Waals surface area contributed by atoms with E-state index < -0.39 is 0 Å². The van der Waals surface area contributed by atoms with E-state index in [0.29, 0.717) is 10.4 Å². The zero-order valence-corrected chi connectivity index (χ0v) is 18.3. The number of hydrogen-bond acceptors (Lipinski definition) is 4. The van der Waals surface area contributed by atoms with Crippen LogP contribution in [0.4, 0.5) is 0 Å². The predicted octanol–water partition coefficient (Wildman–Crippen LogP) is 5.71. The molecule has 30 heavy (non-hydrogen) atoms. The van der Waals surface area contributed by atoms with Gasteiger partial charge in [-0.2, -0.15) is 0 Å². The Kier molecular flexibility index (Phi) is 5.19. The molecule has 152 valence electrons. The predicted molar refractivity (Wildman–Crippen MR) is 126 cm³/mol. The number of hydrogen-bond donors (Lipinski definition) is 0. The molecule has 0 unspecified atom stereocenters. The summed E-state index contributed by atoms with van der Waals surface area (Å²) in [5, 5.41) is 3.43. The van der Waals surface area contributed by atoms with Crippen molar-refractivity contribution in [3.8, 4) is 22.5 Å². The molecule has 1 aliphatic rings. The Hall–Kier alpha value is -2.47. The van der Waals surface area contributed by atoms with Crippen LogP contribution in [0.15, 0.2) is 64.8 Å². The van der Waals surface area contributed by atoms with Crippen LogP contribution < -0.4 is 5.56 Å². The maximum atomic E-state index is 13.9. The summed E-state index contributed by atoms with van der Waals surface area (Å²) in [5.74, 6) is 0.771. The molecule has 1 fully saturated rings. The summed E-state index contributed by atoms with van der Waals surface area (Å²) in [6.07, 6.45) is 1.90. The molecule has 0 N–H and O–H groups in total. The van der Waals surface area contributed by atoms with Crippen LogP contribution in [0.3, 0.4) is 0 Å². The quantitative estimate of drug-likeness (QED) is 0.413. The van der Waals surface area contributed by atoms with Crippen molar-refractivity contribution in [2.45, 2.75) is 18.9 Å². The third kappa shape index (κ3) is 3.47. The van der Waals surface area contributed by atoms with Crippen LogP contribution >= 0.6 is 22.9 Å². The van der Waals surface area contributed by atoms with Crippen molar-refractivity contribution in [1.29, 1.82) is 0 Å². The average molecular weight is 436 g/mol. The maximum absolute atomic E-state index is 13.9. The normalized spacial score (nSPS) is 15.7. The molecule has 1 saturated heterocycles. The minimum Gasteiger partial charge on any atom is -0.306 e. The van der Waals surface area contributed by atoms with E-state index in [1.165, 1.54) is 11.3 Å². The van der Waals surface area contributed by atoms with E-state index in [9.17, 15) is 4.79 Å². The van der Waals surface area contributed by atoms with Crippen LogP contribution in [0, 0.1) is 0 Å². The summed E-state index contributed by atoms with van der Waals surface area (Å²) in [7, 11) is 2.13. The first kappa shape index (κ1) is 19.5. The summed E-state index contributed by atoms with van der Waals surface area (Å²) < 4.78 is 1.96. The number of fused-ring (bicyclic) bond motifs is 1. The molecular formula is C24H22ClN3OS. The largest absolute Gasteiger partial charge is 0.306 e. The van der Waals surface area contributed by atoms with Crippen molar-refractivity contribution in [1.82, 2.24) is 14.5 Å². The van der Waals surface area contributed by atoms with Gasteiger partial charge in [-0.15, -0.1) is 11.3 Å². The van der Waals surface area contributed by atoms with E-state index in [0.717, 1.165) is 53.3 Å². The Morgan fingerprint density at radius 3 is 2.40 bits per heavy atom. The lowest BCUT2D eigenvalue weighted by atomic mass is 10.0. The fourth-order valence-electron chi connectivity index (χ4n) is 4.23. The second-order valence-corrected chi connectivity index (χ2v) is 9.14. The van der Waals surface area contributed by atoms with Crippen LogP contribution in [0.25, 0.3) is 32.7 Å². The number of nitrogens with zero attached hydrogens (tertiary/aromatic N) is 3. The van der Waals surface area contributed by atoms with Gasteiger partial charge >= 0.3 is 0 Å². The first-order valence-electron chi connectivity index (χ1n) is 10.2. The second-order valence-electron chi connectivity index (χ2n) is 7.85. The summed E-state index contributed by atoms with van der Waals surface area (Å²) in [4.78, 5) is 22.0. The highest BCUT2D eigenvalue weighted by atomic mass is 35.5. The average Bonchev–Trinajstić information content (AvgIpc) is 3.20. The van der Waals surface area contributed by atoms with Gasteiger partial charge in [-0.1, -0.05) is 54.1 Å². The van der Waals surface area contributed by atoms with Gasteiger partial charge in [0.25, 0.3) is 5.56 Å². The Morgan fingerprint density at radius 2 is 1.70 bits per heavy atom. The van der Waals surface area contributed by atoms with Crippen LogP contribution in [-0.4, -0.2) is 34.6 Å². The Balaban J connectivity index is 1.75. The minimum atomic E-state index is 0.0552. The molecule has 6 heteroatoms. The van der Waals surface area contributed by atoms with Crippen molar-refractivity contribution < 1.29 is 0 Å². The van der Waals surface area contributed by atoms with Gasteiger partial charge in [-0.05, 0) is 50.7 Å². The summed E-state index contributed by atoms with van der Waals surface area (Å²) in [6.45, 7) is 1.97. The zero-order valence-electron chi connectivity index (χ0n) is 16.7. The van der Waals surface area contributed by atoms with Crippen molar-refractivity contribution in [2.24, 2.45) is 0 Å². The van der Waals surface area contributed by atoms with E-state index in [-0.39, 0.29) is 11.6 Å². The molecule has 2 aromatic heterocycles. The third-order valence-corrected chi connectivity index (χ3v) is 7.00. The third-order valence-electron chi connectivity index (χ3n) is 5.88. The van der Waals surface area contributed by atoms with Crippen LogP contribution in [0.2, 0.25) is 5.02 Å². The monoisotopic (exact) mass is 435 g/mol. The Bertz CT molecular complexity index is 1240. The van der Waals surface area contributed by atoms with E-state index in [4.69, 9.17) is 16.6 Å². The van der Waals surface area contributed by atoms with Gasteiger partial charge in [-0.25, -0.2) is 4.98 Å². The van der Waals surface area contributed by atoms with Gasteiger partial charge in [0.05, 0.1) is 5.39 Å². The van der Waals surface area contributed by atoms with Gasteiger partial charge in [-0.3, -0.25) is 9.36 Å². The lowest BCUT2D eigenvalue weighted by Crippen LogP contribution is -2.36. The Morgan fingerprint density at radius 1 is 1.00 bits per heavy atom. The summed E-state index contributed by atoms with van der Waals surface area (Å²) in [6, 6.07) is 17.9. The molecule has 0 radical (unpaired) electrons. The van der Waals surface area contributed by atoms with E-state index in [1.54, 1.807) is 0 Å². The number of piperidine rings is 1. The van der Waals surface area contributed by atoms with Crippen molar-refractivity contribution in [3.05, 3.63) is 75.4 Å². The van der Waals surface area contributed by atoms with E-state index in [2.05, 4.69) is 11.9 Å². The molecule has 1 aliphatic heterocycles. The molecule has 0 bridgehead atoms. The number of aromatic nitrogens is 2. The lowest BCUT2D eigenvalue weighted by Gasteiger charge is -2.31. The molecule has 0 atom stereocenters. The molecule has 0 aliphatic carbocycles. The molecule has 2 aromatic carbocycles. The second kappa shape index (κ2) is 7.99. The molecule has 4 aromatic rings. The van der Waals surface area contributed by atoms with Gasteiger partial charge in [0, 0.05) is 27.6 Å². The van der Waals surface area contributed by atoms with Gasteiger partial charge in [0.1, 0.15) is 10.7 Å². The van der Waals surface area contributed by atoms with Crippen molar-refractivity contribution in [3.63, 3.8) is 0 Å². The smallest absolute Gasteiger partial charge is 0.263 e. The molecule has 0 saturated carbocycles. The number of thiophene rings is 1. The molecule has 0 amide bonds. The molecule has 3 heterocycles. The number of benzene rings is 2. The van der Waals surface area contributed by atoms with Gasteiger partial charge < -0.3 is 4.90 Å². The first-order valence-corrected chi connectivity index (χ1v) is 11.4. The Labute approximate surface area is 184 Å². The number of rotatable bonds is 3. The van der Waals surface area contributed by atoms with Crippen LogP contribution in [-0.2, 0) is 0 Å². The topological polar surface area (TPSA) is 38.1 Å². The van der Waals surface area contributed by atoms with E-state index in [1.807, 2.05) is 64.5 Å². The van der Waals surface area contributed by atoms with Crippen LogP contribution in [0.5, 0.6) is 0 Å². The summed E-state index contributed by atoms with van der Waals surface area (Å²) >= 11 is 7.60. The fourth-order valence-corrected chi connectivity index (χ4v) is 5.29. The lowest BCUT2D eigenvalue weighted by molar-refractivity contribution is 0.219. The number of halogens is 1. The standard InChI is InChI=1S/C24H22ClN3OS/c1-27-13-11-19(12-14-27)28-22(17-5-3-2-4-6-17)26-23-21(24(28)29)20(15-30-23)16-7-9-18(25)10-8-16/h2-10,15,19H,11-14H2,1H3.